The third kappa shape index (κ3) is 4.20. The van der Waals surface area contributed by atoms with Gasteiger partial charge in [-0.05, 0) is 62.6 Å². The zero-order chi connectivity index (χ0) is 16.1. The van der Waals surface area contributed by atoms with Gasteiger partial charge in [-0.3, -0.25) is 4.90 Å². The minimum Gasteiger partial charge on any atom is -0.494 e. The Morgan fingerprint density at radius 2 is 1.74 bits per heavy atom. The number of benzene rings is 1. The first kappa shape index (κ1) is 16.6. The van der Waals surface area contributed by atoms with Crippen molar-refractivity contribution >= 4 is 0 Å². The van der Waals surface area contributed by atoms with Crippen molar-refractivity contribution in [2.45, 2.75) is 65.0 Å². The Morgan fingerprint density at radius 3 is 2.39 bits per heavy atom. The highest BCUT2D eigenvalue weighted by molar-refractivity contribution is 5.40. The van der Waals surface area contributed by atoms with Crippen LogP contribution in [-0.4, -0.2) is 30.7 Å². The summed E-state index contributed by atoms with van der Waals surface area (Å²) in [6.07, 6.45) is 7.70. The molecular weight excluding hydrogens is 286 g/mol. The quantitative estimate of drug-likeness (QED) is 0.697. The highest BCUT2D eigenvalue weighted by Gasteiger charge is 2.33. The Kier molecular flexibility index (Phi) is 5.82. The van der Waals surface area contributed by atoms with Crippen LogP contribution in [0, 0.1) is 5.92 Å². The van der Waals surface area contributed by atoms with Crippen molar-refractivity contribution in [3.63, 3.8) is 0 Å². The highest BCUT2D eigenvalue weighted by atomic mass is 16.5. The lowest BCUT2D eigenvalue weighted by molar-refractivity contribution is 0.0418. The molecule has 23 heavy (non-hydrogen) atoms. The topological polar surface area (TPSA) is 21.7 Å². The van der Waals surface area contributed by atoms with Crippen LogP contribution < -0.4 is 9.47 Å². The van der Waals surface area contributed by atoms with Crippen molar-refractivity contribution in [3.8, 4) is 11.5 Å². The van der Waals surface area contributed by atoms with Gasteiger partial charge in [0.15, 0.2) is 0 Å². The van der Waals surface area contributed by atoms with Gasteiger partial charge < -0.3 is 9.47 Å². The molecule has 2 heterocycles. The largest absolute Gasteiger partial charge is 0.494 e. The van der Waals surface area contributed by atoms with Crippen molar-refractivity contribution in [2.24, 2.45) is 5.92 Å². The van der Waals surface area contributed by atoms with Gasteiger partial charge in [0, 0.05) is 24.7 Å². The van der Waals surface area contributed by atoms with Gasteiger partial charge in [-0.2, -0.15) is 0 Å². The van der Waals surface area contributed by atoms with Gasteiger partial charge in [0.2, 0.25) is 0 Å². The summed E-state index contributed by atoms with van der Waals surface area (Å²) in [5.41, 5.74) is 1.29. The molecule has 3 nitrogen and oxygen atoms in total. The van der Waals surface area contributed by atoms with Crippen molar-refractivity contribution in [2.75, 3.05) is 19.8 Å². The van der Waals surface area contributed by atoms with Gasteiger partial charge in [0.1, 0.15) is 11.5 Å². The van der Waals surface area contributed by atoms with Crippen LogP contribution in [-0.2, 0) is 6.54 Å². The molecule has 0 N–H and O–H groups in total. The van der Waals surface area contributed by atoms with Gasteiger partial charge >= 0.3 is 0 Å². The molecule has 0 unspecified atom stereocenters. The zero-order valence-electron chi connectivity index (χ0n) is 14.7. The molecule has 128 valence electrons. The van der Waals surface area contributed by atoms with E-state index in [1.807, 2.05) is 6.07 Å². The van der Waals surface area contributed by atoms with E-state index in [-0.39, 0.29) is 0 Å². The van der Waals surface area contributed by atoms with E-state index in [2.05, 4.69) is 30.9 Å². The summed E-state index contributed by atoms with van der Waals surface area (Å²) in [4.78, 5) is 2.68. The molecule has 1 aromatic carbocycles. The molecule has 0 amide bonds. The van der Waals surface area contributed by atoms with Gasteiger partial charge in [-0.25, -0.2) is 0 Å². The number of hydrogen-bond acceptors (Lipinski definition) is 3. The lowest BCUT2D eigenvalue weighted by Gasteiger charge is -2.45. The fourth-order valence-electron chi connectivity index (χ4n) is 3.93. The normalized spacial score (nSPS) is 23.9. The van der Waals surface area contributed by atoms with E-state index in [1.54, 1.807) is 0 Å². The fraction of sp³-hybridized carbons (Fsp3) is 0.700. The molecule has 1 aromatic rings. The monoisotopic (exact) mass is 317 g/mol. The Labute approximate surface area is 141 Å². The number of piperidine rings is 2. The van der Waals surface area contributed by atoms with E-state index in [9.17, 15) is 0 Å². The van der Waals surface area contributed by atoms with Gasteiger partial charge in [-0.15, -0.1) is 0 Å². The molecule has 1 saturated carbocycles. The molecule has 0 aromatic heterocycles. The van der Waals surface area contributed by atoms with Crippen molar-refractivity contribution in [1.29, 1.82) is 0 Å². The molecule has 4 rings (SSSR count). The summed E-state index contributed by atoms with van der Waals surface area (Å²) in [6.45, 7) is 8.13. The standard InChI is InChI=1S/C20H31NO2/c1-3-11-22-19-9-10-20(23-12-4-2)17(13-19)15-21-14-16-5-7-18(21)8-6-16/h9-10,13,16,18H,3-8,11-12,14-15H2,1-2H3. The van der Waals surface area contributed by atoms with Crippen molar-refractivity contribution in [1.82, 2.24) is 4.90 Å². The molecule has 1 aliphatic carbocycles. The molecule has 3 fully saturated rings. The third-order valence-electron chi connectivity index (χ3n) is 5.17. The first-order valence-corrected chi connectivity index (χ1v) is 9.42. The molecule has 0 spiro atoms. The maximum absolute atomic E-state index is 5.99. The van der Waals surface area contributed by atoms with E-state index >= 15 is 0 Å². The number of fused-ring (bicyclic) bond motifs is 3. The van der Waals surface area contributed by atoms with E-state index in [0.717, 1.165) is 56.1 Å². The van der Waals surface area contributed by atoms with E-state index in [1.165, 1.54) is 37.8 Å². The van der Waals surface area contributed by atoms with Gasteiger partial charge in [0.25, 0.3) is 0 Å². The lowest BCUT2D eigenvalue weighted by atomic mass is 9.80. The summed E-state index contributed by atoms with van der Waals surface area (Å²) in [7, 11) is 0. The lowest BCUT2D eigenvalue weighted by Crippen LogP contribution is -2.47. The van der Waals surface area contributed by atoms with Crippen LogP contribution in [0.5, 0.6) is 11.5 Å². The van der Waals surface area contributed by atoms with E-state index < -0.39 is 0 Å². The van der Waals surface area contributed by atoms with Gasteiger partial charge in [0.05, 0.1) is 13.2 Å². The summed E-state index contributed by atoms with van der Waals surface area (Å²) in [5, 5.41) is 0. The maximum atomic E-state index is 5.99. The number of rotatable bonds is 8. The Hall–Kier alpha value is -1.22. The predicted octanol–water partition coefficient (Wildman–Crippen LogP) is 4.64. The molecule has 2 aliphatic heterocycles. The van der Waals surface area contributed by atoms with Crippen LogP contribution in [0.1, 0.15) is 57.9 Å². The van der Waals surface area contributed by atoms with Crippen LogP contribution in [0.25, 0.3) is 0 Å². The van der Waals surface area contributed by atoms with E-state index in [0.29, 0.717) is 0 Å². The minimum atomic E-state index is 0.777. The molecule has 3 heteroatoms. The van der Waals surface area contributed by atoms with Crippen LogP contribution >= 0.6 is 0 Å². The summed E-state index contributed by atoms with van der Waals surface area (Å²) in [6, 6.07) is 7.12. The minimum absolute atomic E-state index is 0.777. The summed E-state index contributed by atoms with van der Waals surface area (Å²) >= 11 is 0. The average molecular weight is 317 g/mol. The first-order valence-electron chi connectivity index (χ1n) is 9.42. The van der Waals surface area contributed by atoms with Crippen LogP contribution in [0.2, 0.25) is 0 Å². The summed E-state index contributed by atoms with van der Waals surface area (Å²) < 4.78 is 11.8. The average Bonchev–Trinajstić information content (AvgIpc) is 2.60. The van der Waals surface area contributed by atoms with Crippen molar-refractivity contribution in [3.05, 3.63) is 23.8 Å². The third-order valence-corrected chi connectivity index (χ3v) is 5.17. The van der Waals surface area contributed by atoms with Crippen molar-refractivity contribution < 1.29 is 9.47 Å². The molecular formula is C20H31NO2. The number of ether oxygens (including phenoxy) is 2. The fourth-order valence-corrected chi connectivity index (χ4v) is 3.93. The molecule has 2 saturated heterocycles. The second-order valence-corrected chi connectivity index (χ2v) is 7.07. The summed E-state index contributed by atoms with van der Waals surface area (Å²) in [5.74, 6) is 2.93. The smallest absolute Gasteiger partial charge is 0.124 e. The second kappa shape index (κ2) is 8.05. The molecule has 3 aliphatic rings. The molecule has 2 bridgehead atoms. The maximum Gasteiger partial charge on any atom is 0.124 e. The number of hydrogen-bond donors (Lipinski definition) is 0. The molecule has 0 radical (unpaired) electrons. The Bertz CT molecular complexity index is 494. The molecule has 0 atom stereocenters. The predicted molar refractivity (Wildman–Crippen MR) is 94.2 cm³/mol. The van der Waals surface area contributed by atoms with E-state index in [4.69, 9.17) is 9.47 Å². The van der Waals surface area contributed by atoms with Crippen LogP contribution in [0.3, 0.4) is 0 Å². The Morgan fingerprint density at radius 1 is 1.00 bits per heavy atom. The Balaban J connectivity index is 1.73. The first-order chi connectivity index (χ1) is 11.3. The second-order valence-electron chi connectivity index (χ2n) is 7.07. The van der Waals surface area contributed by atoms with Gasteiger partial charge in [-0.1, -0.05) is 13.8 Å². The zero-order valence-corrected chi connectivity index (χ0v) is 14.7. The SMILES string of the molecule is CCCOc1ccc(OCCC)c(CN2CC3CCC2CC3)c1. The number of nitrogens with zero attached hydrogens (tertiary/aromatic N) is 1. The highest BCUT2D eigenvalue weighted by Crippen LogP contribution is 2.37. The van der Waals surface area contributed by atoms with Crippen LogP contribution in [0.15, 0.2) is 18.2 Å². The van der Waals surface area contributed by atoms with Crippen LogP contribution in [0.4, 0.5) is 0 Å².